The maximum atomic E-state index is 12.9. The van der Waals surface area contributed by atoms with Crippen molar-refractivity contribution < 1.29 is 22.7 Å². The summed E-state index contributed by atoms with van der Waals surface area (Å²) in [6, 6.07) is 10.8. The molecule has 0 aliphatic carbocycles. The van der Waals surface area contributed by atoms with Gasteiger partial charge in [0.2, 0.25) is 15.9 Å². The molecule has 0 atom stereocenters. The summed E-state index contributed by atoms with van der Waals surface area (Å²) >= 11 is 12.0. The lowest BCUT2D eigenvalue weighted by Crippen LogP contribution is -2.41. The van der Waals surface area contributed by atoms with E-state index in [0.717, 1.165) is 0 Å². The van der Waals surface area contributed by atoms with E-state index in [1.165, 1.54) is 29.6 Å². The van der Waals surface area contributed by atoms with E-state index in [2.05, 4.69) is 5.32 Å². The number of piperidine rings is 1. The summed E-state index contributed by atoms with van der Waals surface area (Å²) in [5.41, 5.74) is 0.610. The number of methoxy groups -OCH3 is 1. The molecule has 1 N–H and O–H groups in total. The van der Waals surface area contributed by atoms with Gasteiger partial charge in [0, 0.05) is 24.0 Å². The van der Waals surface area contributed by atoms with E-state index in [0.29, 0.717) is 18.5 Å². The summed E-state index contributed by atoms with van der Waals surface area (Å²) in [4.78, 5) is 24.5. The van der Waals surface area contributed by atoms with E-state index in [-0.39, 0.29) is 39.5 Å². The highest BCUT2D eigenvalue weighted by Crippen LogP contribution is 2.30. The number of carbonyl (C=O) groups excluding carboxylic acids is 2. The van der Waals surface area contributed by atoms with Crippen LogP contribution in [0.4, 0.5) is 5.69 Å². The number of hydrogen-bond acceptors (Lipinski definition) is 5. The first-order valence-electron chi connectivity index (χ1n) is 9.17. The van der Waals surface area contributed by atoms with E-state index in [1.807, 2.05) is 0 Å². The predicted octanol–water partition coefficient (Wildman–Crippen LogP) is 3.82. The summed E-state index contributed by atoms with van der Waals surface area (Å²) < 4.78 is 31.9. The highest BCUT2D eigenvalue weighted by molar-refractivity contribution is 7.89. The van der Waals surface area contributed by atoms with Gasteiger partial charge in [-0.25, -0.2) is 13.2 Å². The van der Waals surface area contributed by atoms with Crippen molar-refractivity contribution in [1.82, 2.24) is 4.31 Å². The molecule has 1 heterocycles. The second kappa shape index (κ2) is 9.34. The number of rotatable bonds is 5. The van der Waals surface area contributed by atoms with Gasteiger partial charge < -0.3 is 10.1 Å². The zero-order valence-electron chi connectivity index (χ0n) is 16.1. The van der Waals surface area contributed by atoms with Crippen LogP contribution in [0.1, 0.15) is 23.2 Å². The SMILES string of the molecule is COC(=O)c1ccccc1NC(=O)C1CCN(S(=O)(=O)c2cc(Cl)ccc2Cl)CC1. The number of halogens is 2. The van der Waals surface area contributed by atoms with Gasteiger partial charge in [0.25, 0.3) is 0 Å². The normalized spacial score (nSPS) is 15.6. The first kappa shape index (κ1) is 22.6. The molecule has 2 aromatic rings. The van der Waals surface area contributed by atoms with Crippen molar-refractivity contribution in [3.63, 3.8) is 0 Å². The summed E-state index contributed by atoms with van der Waals surface area (Å²) in [5.74, 6) is -1.22. The number of nitrogens with zero attached hydrogens (tertiary/aromatic N) is 1. The van der Waals surface area contributed by atoms with Crippen molar-refractivity contribution in [1.29, 1.82) is 0 Å². The van der Waals surface area contributed by atoms with Crippen molar-refractivity contribution >= 4 is 50.8 Å². The van der Waals surface area contributed by atoms with Crippen molar-refractivity contribution in [3.05, 3.63) is 58.1 Å². The monoisotopic (exact) mass is 470 g/mol. The highest BCUT2D eigenvalue weighted by atomic mass is 35.5. The van der Waals surface area contributed by atoms with Crippen LogP contribution in [0.5, 0.6) is 0 Å². The summed E-state index contributed by atoms with van der Waals surface area (Å²) in [6.07, 6.45) is 0.674. The molecular weight excluding hydrogens is 451 g/mol. The van der Waals surface area contributed by atoms with Crippen molar-refractivity contribution in [2.24, 2.45) is 5.92 Å². The third-order valence-corrected chi connectivity index (χ3v) is 7.54. The summed E-state index contributed by atoms with van der Waals surface area (Å²) in [7, 11) is -2.55. The van der Waals surface area contributed by atoms with Gasteiger partial charge in [-0.15, -0.1) is 0 Å². The Bertz CT molecular complexity index is 1070. The van der Waals surface area contributed by atoms with Crippen LogP contribution in [0.2, 0.25) is 10.0 Å². The van der Waals surface area contributed by atoms with E-state index >= 15 is 0 Å². The molecule has 0 saturated carbocycles. The lowest BCUT2D eigenvalue weighted by atomic mass is 9.97. The Morgan fingerprint density at radius 2 is 1.77 bits per heavy atom. The van der Waals surface area contributed by atoms with Gasteiger partial charge in [0.05, 0.1) is 23.4 Å². The third kappa shape index (κ3) is 4.78. The number of sulfonamides is 1. The number of para-hydroxylation sites is 1. The summed E-state index contributed by atoms with van der Waals surface area (Å²) in [5, 5.41) is 3.12. The largest absolute Gasteiger partial charge is 0.465 e. The molecule has 0 spiro atoms. The molecule has 0 aromatic heterocycles. The van der Waals surface area contributed by atoms with Crippen LogP contribution in [-0.2, 0) is 19.6 Å². The fourth-order valence-electron chi connectivity index (χ4n) is 3.29. The second-order valence-electron chi connectivity index (χ2n) is 6.78. The van der Waals surface area contributed by atoms with E-state index in [4.69, 9.17) is 27.9 Å². The minimum atomic E-state index is -3.82. The molecule has 0 radical (unpaired) electrons. The Morgan fingerprint density at radius 1 is 1.10 bits per heavy atom. The van der Waals surface area contributed by atoms with E-state index in [9.17, 15) is 18.0 Å². The molecule has 1 fully saturated rings. The van der Waals surface area contributed by atoms with Gasteiger partial charge in [-0.2, -0.15) is 4.31 Å². The van der Waals surface area contributed by atoms with Gasteiger partial charge in [-0.1, -0.05) is 35.3 Å². The molecule has 30 heavy (non-hydrogen) atoms. The Balaban J connectivity index is 1.68. The molecule has 2 aromatic carbocycles. The Hall–Kier alpha value is -2.13. The number of esters is 1. The van der Waals surface area contributed by atoms with Crippen LogP contribution in [0.25, 0.3) is 0 Å². The smallest absolute Gasteiger partial charge is 0.339 e. The molecule has 7 nitrogen and oxygen atoms in total. The lowest BCUT2D eigenvalue weighted by Gasteiger charge is -2.30. The number of benzene rings is 2. The standard InChI is InChI=1S/C20H20Cl2N2O5S/c1-29-20(26)15-4-2-3-5-17(15)23-19(25)13-8-10-24(11-9-13)30(27,28)18-12-14(21)6-7-16(18)22/h2-7,12-13H,8-11H2,1H3,(H,23,25). The molecule has 160 valence electrons. The first-order chi connectivity index (χ1) is 14.2. The van der Waals surface area contributed by atoms with Crippen LogP contribution in [-0.4, -0.2) is 44.8 Å². The van der Waals surface area contributed by atoms with Gasteiger partial charge in [0.15, 0.2) is 0 Å². The Kier molecular flexibility index (Phi) is 7.02. The first-order valence-corrected chi connectivity index (χ1v) is 11.4. The molecule has 10 heteroatoms. The zero-order valence-corrected chi connectivity index (χ0v) is 18.4. The zero-order chi connectivity index (χ0) is 21.9. The average Bonchev–Trinajstić information content (AvgIpc) is 2.75. The number of nitrogens with one attached hydrogen (secondary N) is 1. The number of amides is 1. The van der Waals surface area contributed by atoms with Crippen LogP contribution in [0, 0.1) is 5.92 Å². The van der Waals surface area contributed by atoms with Crippen LogP contribution in [0.3, 0.4) is 0 Å². The maximum absolute atomic E-state index is 12.9. The average molecular weight is 471 g/mol. The fraction of sp³-hybridized carbons (Fsp3) is 0.300. The predicted molar refractivity (Wildman–Crippen MR) is 114 cm³/mol. The molecular formula is C20H20Cl2N2O5S. The van der Waals surface area contributed by atoms with Gasteiger partial charge in [0.1, 0.15) is 4.90 Å². The molecule has 1 saturated heterocycles. The summed E-state index contributed by atoms with van der Waals surface area (Å²) in [6.45, 7) is 0.337. The Labute approximate surface area is 185 Å². The number of anilines is 1. The Morgan fingerprint density at radius 3 is 2.43 bits per heavy atom. The molecule has 1 aliphatic rings. The van der Waals surface area contributed by atoms with Crippen molar-refractivity contribution in [2.75, 3.05) is 25.5 Å². The molecule has 1 aliphatic heterocycles. The van der Waals surface area contributed by atoms with Gasteiger partial charge in [-0.3, -0.25) is 4.79 Å². The quantitative estimate of drug-likeness (QED) is 0.670. The van der Waals surface area contributed by atoms with E-state index < -0.39 is 21.9 Å². The highest BCUT2D eigenvalue weighted by Gasteiger charge is 2.33. The van der Waals surface area contributed by atoms with Crippen molar-refractivity contribution in [2.45, 2.75) is 17.7 Å². The van der Waals surface area contributed by atoms with Gasteiger partial charge >= 0.3 is 5.97 Å². The third-order valence-electron chi connectivity index (χ3n) is 4.93. The number of hydrogen-bond donors (Lipinski definition) is 1. The minimum Gasteiger partial charge on any atom is -0.465 e. The second-order valence-corrected chi connectivity index (χ2v) is 9.53. The molecule has 0 unspecified atom stereocenters. The van der Waals surface area contributed by atoms with Crippen LogP contribution >= 0.6 is 23.2 Å². The van der Waals surface area contributed by atoms with Crippen molar-refractivity contribution in [3.8, 4) is 0 Å². The van der Waals surface area contributed by atoms with Gasteiger partial charge in [-0.05, 0) is 43.2 Å². The van der Waals surface area contributed by atoms with E-state index in [1.54, 1.807) is 24.3 Å². The van der Waals surface area contributed by atoms with Crippen LogP contribution in [0.15, 0.2) is 47.4 Å². The minimum absolute atomic E-state index is 0.0495. The fourth-order valence-corrected chi connectivity index (χ4v) is 5.49. The number of ether oxygens (including phenoxy) is 1. The molecule has 0 bridgehead atoms. The molecule has 3 rings (SSSR count). The topological polar surface area (TPSA) is 92.8 Å². The lowest BCUT2D eigenvalue weighted by molar-refractivity contribution is -0.120. The maximum Gasteiger partial charge on any atom is 0.339 e. The molecule has 1 amide bonds. The number of carbonyl (C=O) groups is 2. The van der Waals surface area contributed by atoms with Crippen LogP contribution < -0.4 is 5.32 Å².